The van der Waals surface area contributed by atoms with Gasteiger partial charge in [0.25, 0.3) is 0 Å². The summed E-state index contributed by atoms with van der Waals surface area (Å²) in [5, 5.41) is 10.4. The maximum Gasteiger partial charge on any atom is 0.239 e. The number of anilines is 1. The van der Waals surface area contributed by atoms with Gasteiger partial charge in [-0.25, -0.2) is 12.8 Å². The summed E-state index contributed by atoms with van der Waals surface area (Å²) in [6, 6.07) is 10.5. The Kier molecular flexibility index (Phi) is 4.31. The van der Waals surface area contributed by atoms with E-state index in [4.69, 9.17) is 11.6 Å². The molecule has 1 N–H and O–H groups in total. The lowest BCUT2D eigenvalue weighted by Crippen LogP contribution is -2.37. The summed E-state index contributed by atoms with van der Waals surface area (Å²) in [7, 11) is -3.69. The second-order valence-corrected chi connectivity index (χ2v) is 7.73. The zero-order valence-corrected chi connectivity index (χ0v) is 13.7. The normalized spacial score (nSPS) is 17.9. The first-order chi connectivity index (χ1) is 10.9. The van der Waals surface area contributed by atoms with E-state index in [1.807, 2.05) is 0 Å². The van der Waals surface area contributed by atoms with Gasteiger partial charge in [-0.3, -0.25) is 4.31 Å². The molecule has 1 aliphatic heterocycles. The molecule has 3 rings (SSSR count). The van der Waals surface area contributed by atoms with E-state index >= 15 is 0 Å². The lowest BCUT2D eigenvalue weighted by atomic mass is 10.0. The minimum Gasteiger partial charge on any atom is -0.388 e. The van der Waals surface area contributed by atoms with Crippen LogP contribution in [0.1, 0.15) is 23.7 Å². The van der Waals surface area contributed by atoms with Crippen molar-refractivity contribution in [2.75, 3.05) is 10.8 Å². The molecule has 0 saturated carbocycles. The monoisotopic (exact) mass is 355 g/mol. The van der Waals surface area contributed by atoms with E-state index in [2.05, 4.69) is 0 Å². The molecule has 1 atom stereocenters. The Hall–Kier alpha value is -1.63. The largest absolute Gasteiger partial charge is 0.388 e. The third-order valence-corrected chi connectivity index (χ3v) is 5.95. The van der Waals surface area contributed by atoms with Crippen molar-refractivity contribution in [2.45, 2.75) is 18.3 Å². The molecule has 0 amide bonds. The Morgan fingerprint density at radius 3 is 2.74 bits per heavy atom. The summed E-state index contributed by atoms with van der Waals surface area (Å²) >= 11 is 6.04. The number of halogens is 2. The number of benzene rings is 2. The molecule has 2 aromatic carbocycles. The maximum absolute atomic E-state index is 13.4. The molecule has 7 heteroatoms. The van der Waals surface area contributed by atoms with Gasteiger partial charge >= 0.3 is 0 Å². The van der Waals surface area contributed by atoms with E-state index in [-0.39, 0.29) is 18.7 Å². The first-order valence-electron chi connectivity index (χ1n) is 7.10. The highest BCUT2D eigenvalue weighted by atomic mass is 35.5. The molecular weight excluding hydrogens is 341 g/mol. The summed E-state index contributed by atoms with van der Waals surface area (Å²) in [5.74, 6) is -0.757. The standard InChI is InChI=1S/C16H15ClFNO3S/c17-14-4-2-1-3-11(14)10-23(21,22)19-8-7-16(20)13-9-12(18)5-6-15(13)19/h1-6,9,16,20H,7-8,10H2. The van der Waals surface area contributed by atoms with Crippen LogP contribution in [-0.4, -0.2) is 20.1 Å². The summed E-state index contributed by atoms with van der Waals surface area (Å²) in [5.41, 5.74) is 1.11. The van der Waals surface area contributed by atoms with Crippen molar-refractivity contribution in [3.8, 4) is 0 Å². The molecular formula is C16H15ClFNO3S. The van der Waals surface area contributed by atoms with E-state index in [0.29, 0.717) is 21.8 Å². The third kappa shape index (κ3) is 3.20. The molecule has 0 saturated heterocycles. The highest BCUT2D eigenvalue weighted by molar-refractivity contribution is 7.92. The van der Waals surface area contributed by atoms with Crippen molar-refractivity contribution in [1.29, 1.82) is 0 Å². The molecule has 1 aliphatic rings. The molecule has 0 fully saturated rings. The Balaban J connectivity index is 1.99. The molecule has 122 valence electrons. The molecule has 0 bridgehead atoms. The smallest absolute Gasteiger partial charge is 0.239 e. The van der Waals surface area contributed by atoms with E-state index in [9.17, 15) is 17.9 Å². The van der Waals surface area contributed by atoms with E-state index in [0.717, 1.165) is 0 Å². The SMILES string of the molecule is O=S(=O)(Cc1ccccc1Cl)N1CCC(O)c2cc(F)ccc21. The van der Waals surface area contributed by atoms with Gasteiger partial charge in [0.1, 0.15) is 5.82 Å². The van der Waals surface area contributed by atoms with Gasteiger partial charge in [0.15, 0.2) is 0 Å². The van der Waals surface area contributed by atoms with Gasteiger partial charge < -0.3 is 5.11 Å². The van der Waals surface area contributed by atoms with Gasteiger partial charge in [0.05, 0.1) is 17.5 Å². The van der Waals surface area contributed by atoms with Crippen LogP contribution < -0.4 is 4.31 Å². The first-order valence-corrected chi connectivity index (χ1v) is 9.08. The number of hydrogen-bond acceptors (Lipinski definition) is 3. The fourth-order valence-corrected chi connectivity index (χ4v) is 4.65. The topological polar surface area (TPSA) is 57.6 Å². The second-order valence-electron chi connectivity index (χ2n) is 5.43. The van der Waals surface area contributed by atoms with Crippen molar-refractivity contribution in [3.63, 3.8) is 0 Å². The molecule has 2 aromatic rings. The minimum absolute atomic E-state index is 0.145. The predicted molar refractivity (Wildman–Crippen MR) is 87.4 cm³/mol. The van der Waals surface area contributed by atoms with Gasteiger partial charge in [-0.2, -0.15) is 0 Å². The zero-order chi connectivity index (χ0) is 16.6. The number of aliphatic hydroxyl groups excluding tert-OH is 1. The first kappa shape index (κ1) is 16.2. The highest BCUT2D eigenvalue weighted by Crippen LogP contribution is 2.36. The van der Waals surface area contributed by atoms with Gasteiger partial charge in [0, 0.05) is 17.1 Å². The maximum atomic E-state index is 13.4. The highest BCUT2D eigenvalue weighted by Gasteiger charge is 2.32. The average molecular weight is 356 g/mol. The Bertz CT molecular complexity index is 841. The van der Waals surface area contributed by atoms with Crippen molar-refractivity contribution in [3.05, 3.63) is 64.4 Å². The van der Waals surface area contributed by atoms with E-state index < -0.39 is 21.9 Å². The van der Waals surface area contributed by atoms with Gasteiger partial charge in [-0.05, 0) is 36.2 Å². The lowest BCUT2D eigenvalue weighted by Gasteiger charge is -2.33. The Morgan fingerprint density at radius 2 is 2.00 bits per heavy atom. The van der Waals surface area contributed by atoms with Gasteiger partial charge in [-0.1, -0.05) is 29.8 Å². The third-order valence-electron chi connectivity index (χ3n) is 3.85. The summed E-state index contributed by atoms with van der Waals surface area (Å²) in [4.78, 5) is 0. The predicted octanol–water partition coefficient (Wildman–Crippen LogP) is 3.25. The number of fused-ring (bicyclic) bond motifs is 1. The van der Waals surface area contributed by atoms with Crippen LogP contribution in [0.5, 0.6) is 0 Å². The van der Waals surface area contributed by atoms with E-state index in [1.54, 1.807) is 24.3 Å². The average Bonchev–Trinajstić information content (AvgIpc) is 2.50. The van der Waals surface area contributed by atoms with Crippen LogP contribution in [0.3, 0.4) is 0 Å². The van der Waals surface area contributed by atoms with Crippen LogP contribution in [0.2, 0.25) is 5.02 Å². The Labute approximate surface area is 139 Å². The molecule has 0 aromatic heterocycles. The van der Waals surface area contributed by atoms with Crippen molar-refractivity contribution in [2.24, 2.45) is 0 Å². The number of nitrogens with zero attached hydrogens (tertiary/aromatic N) is 1. The molecule has 0 spiro atoms. The molecule has 0 aliphatic carbocycles. The lowest BCUT2D eigenvalue weighted by molar-refractivity contribution is 0.166. The summed E-state index contributed by atoms with van der Waals surface area (Å²) in [6.45, 7) is 0.145. The van der Waals surface area contributed by atoms with Crippen LogP contribution in [0.4, 0.5) is 10.1 Å². The van der Waals surface area contributed by atoms with Crippen LogP contribution in [0, 0.1) is 5.82 Å². The Morgan fingerprint density at radius 1 is 1.26 bits per heavy atom. The molecule has 4 nitrogen and oxygen atoms in total. The number of aliphatic hydroxyl groups is 1. The van der Waals surface area contributed by atoms with Gasteiger partial charge in [0.2, 0.25) is 10.0 Å². The van der Waals surface area contributed by atoms with Crippen molar-refractivity contribution < 1.29 is 17.9 Å². The number of sulfonamides is 1. The quantitative estimate of drug-likeness (QED) is 0.919. The molecule has 23 heavy (non-hydrogen) atoms. The minimum atomic E-state index is -3.69. The summed E-state index contributed by atoms with van der Waals surface area (Å²) < 4.78 is 40.1. The van der Waals surface area contributed by atoms with Crippen molar-refractivity contribution >= 4 is 27.3 Å². The molecule has 1 heterocycles. The van der Waals surface area contributed by atoms with Crippen LogP contribution in [0.25, 0.3) is 0 Å². The van der Waals surface area contributed by atoms with Crippen molar-refractivity contribution in [1.82, 2.24) is 0 Å². The van der Waals surface area contributed by atoms with E-state index in [1.165, 1.54) is 22.5 Å². The molecule has 0 radical (unpaired) electrons. The molecule has 1 unspecified atom stereocenters. The number of hydrogen-bond donors (Lipinski definition) is 1. The van der Waals surface area contributed by atoms with Crippen LogP contribution in [-0.2, 0) is 15.8 Å². The zero-order valence-electron chi connectivity index (χ0n) is 12.1. The fourth-order valence-electron chi connectivity index (χ4n) is 2.71. The van der Waals surface area contributed by atoms with Crippen LogP contribution in [0.15, 0.2) is 42.5 Å². The van der Waals surface area contributed by atoms with Crippen LogP contribution >= 0.6 is 11.6 Å². The summed E-state index contributed by atoms with van der Waals surface area (Å²) in [6.07, 6.45) is -0.648. The van der Waals surface area contributed by atoms with Gasteiger partial charge in [-0.15, -0.1) is 0 Å². The number of rotatable bonds is 3. The second kappa shape index (κ2) is 6.11. The fraction of sp³-hybridized carbons (Fsp3) is 0.250.